The van der Waals surface area contributed by atoms with Crippen LogP contribution in [0.3, 0.4) is 0 Å². The highest BCUT2D eigenvalue weighted by Crippen LogP contribution is 2.45. The van der Waals surface area contributed by atoms with Gasteiger partial charge in [0.2, 0.25) is 0 Å². The quantitative estimate of drug-likeness (QED) is 0.411. The summed E-state index contributed by atoms with van der Waals surface area (Å²) >= 11 is 14.5. The molecule has 0 bridgehead atoms. The first kappa shape index (κ1) is 19.9. The Morgan fingerprint density at radius 1 is 1.00 bits per heavy atom. The highest BCUT2D eigenvalue weighted by atomic mass is 35.5. The van der Waals surface area contributed by atoms with E-state index in [2.05, 4.69) is 9.97 Å². The summed E-state index contributed by atoms with van der Waals surface area (Å²) in [7, 11) is 4.66. The average molecular weight is 426 g/mol. The number of ether oxygens (including phenoxy) is 3. The van der Waals surface area contributed by atoms with Gasteiger partial charge in [-0.3, -0.25) is 0 Å². The van der Waals surface area contributed by atoms with Crippen molar-refractivity contribution in [3.05, 3.63) is 34.1 Å². The second-order valence-electron chi connectivity index (χ2n) is 5.47. The second-order valence-corrected chi connectivity index (χ2v) is 7.00. The Morgan fingerprint density at radius 2 is 1.67 bits per heavy atom. The first-order valence-corrected chi connectivity index (χ1v) is 9.82. The van der Waals surface area contributed by atoms with Crippen LogP contribution in [0.1, 0.15) is 5.69 Å². The Balaban J connectivity index is 2.32. The molecule has 0 aliphatic heterocycles. The standard InChI is InChI=1S/C18H17Cl2N3O3S/c1-24-8-11-17-9(7-21-18(23-17)27-4)5-10(22-11)14-15(19)12(25-2)6-13(26-3)16(14)20/h5-7H,8H2,1-4H3. The summed E-state index contributed by atoms with van der Waals surface area (Å²) < 4.78 is 16.0. The molecule has 142 valence electrons. The van der Waals surface area contributed by atoms with Crippen LogP contribution >= 0.6 is 35.0 Å². The van der Waals surface area contributed by atoms with E-state index < -0.39 is 0 Å². The van der Waals surface area contributed by atoms with E-state index in [1.165, 1.54) is 26.0 Å². The molecule has 1 aromatic carbocycles. The van der Waals surface area contributed by atoms with Gasteiger partial charge in [0.1, 0.15) is 11.5 Å². The van der Waals surface area contributed by atoms with E-state index in [0.29, 0.717) is 43.7 Å². The van der Waals surface area contributed by atoms with Gasteiger partial charge in [0, 0.05) is 30.3 Å². The lowest BCUT2D eigenvalue weighted by Crippen LogP contribution is -2.01. The van der Waals surface area contributed by atoms with E-state index in [1.807, 2.05) is 12.3 Å². The maximum Gasteiger partial charge on any atom is 0.187 e. The molecule has 0 N–H and O–H groups in total. The van der Waals surface area contributed by atoms with Crippen LogP contribution in [0, 0.1) is 0 Å². The predicted octanol–water partition coefficient (Wildman–Crippen LogP) is 4.88. The number of pyridine rings is 1. The molecule has 0 spiro atoms. The van der Waals surface area contributed by atoms with E-state index in [-0.39, 0.29) is 6.61 Å². The number of hydrogen-bond acceptors (Lipinski definition) is 7. The molecule has 0 aliphatic rings. The number of fused-ring (bicyclic) bond motifs is 1. The van der Waals surface area contributed by atoms with Crippen molar-refractivity contribution in [2.75, 3.05) is 27.6 Å². The Hall–Kier alpha value is -1.80. The Labute approximate surface area is 171 Å². The lowest BCUT2D eigenvalue weighted by Gasteiger charge is -2.15. The van der Waals surface area contributed by atoms with Crippen LogP contribution in [0.5, 0.6) is 11.5 Å². The van der Waals surface area contributed by atoms with E-state index in [4.69, 9.17) is 42.4 Å². The molecule has 0 amide bonds. The van der Waals surface area contributed by atoms with Crippen molar-refractivity contribution in [2.24, 2.45) is 0 Å². The second kappa shape index (κ2) is 8.48. The van der Waals surface area contributed by atoms with Gasteiger partial charge in [-0.05, 0) is 12.3 Å². The predicted molar refractivity (Wildman–Crippen MR) is 108 cm³/mol. The van der Waals surface area contributed by atoms with Crippen molar-refractivity contribution in [1.82, 2.24) is 15.0 Å². The van der Waals surface area contributed by atoms with Crippen LogP contribution < -0.4 is 9.47 Å². The molecule has 0 atom stereocenters. The van der Waals surface area contributed by atoms with Gasteiger partial charge in [0.05, 0.1) is 47.8 Å². The molecule has 0 fully saturated rings. The number of nitrogens with zero attached hydrogens (tertiary/aromatic N) is 3. The van der Waals surface area contributed by atoms with Gasteiger partial charge in [-0.1, -0.05) is 35.0 Å². The number of methoxy groups -OCH3 is 3. The molecule has 27 heavy (non-hydrogen) atoms. The smallest absolute Gasteiger partial charge is 0.187 e. The molecule has 0 saturated carbocycles. The number of hydrogen-bond donors (Lipinski definition) is 0. The number of aromatic nitrogens is 3. The van der Waals surface area contributed by atoms with Gasteiger partial charge in [-0.25, -0.2) is 15.0 Å². The largest absolute Gasteiger partial charge is 0.495 e. The van der Waals surface area contributed by atoms with Gasteiger partial charge < -0.3 is 14.2 Å². The fourth-order valence-electron chi connectivity index (χ4n) is 2.66. The van der Waals surface area contributed by atoms with Crippen LogP contribution in [0.2, 0.25) is 10.0 Å². The third-order valence-corrected chi connectivity index (χ3v) is 5.22. The zero-order valence-corrected chi connectivity index (χ0v) is 17.5. The van der Waals surface area contributed by atoms with E-state index >= 15 is 0 Å². The topological polar surface area (TPSA) is 66.4 Å². The van der Waals surface area contributed by atoms with Gasteiger partial charge in [0.15, 0.2) is 5.16 Å². The summed E-state index contributed by atoms with van der Waals surface area (Å²) in [5, 5.41) is 2.16. The molecule has 0 unspecified atom stereocenters. The van der Waals surface area contributed by atoms with Crippen molar-refractivity contribution in [3.8, 4) is 22.8 Å². The van der Waals surface area contributed by atoms with Crippen LogP contribution in [0.25, 0.3) is 22.2 Å². The van der Waals surface area contributed by atoms with Crippen LogP contribution in [-0.2, 0) is 11.3 Å². The Kier molecular flexibility index (Phi) is 6.26. The van der Waals surface area contributed by atoms with Crippen molar-refractivity contribution in [2.45, 2.75) is 11.8 Å². The molecule has 2 heterocycles. The number of benzene rings is 1. The van der Waals surface area contributed by atoms with Gasteiger partial charge in [-0.2, -0.15) is 0 Å². The summed E-state index contributed by atoms with van der Waals surface area (Å²) in [6.07, 6.45) is 3.67. The zero-order chi connectivity index (χ0) is 19.6. The van der Waals surface area contributed by atoms with Gasteiger partial charge >= 0.3 is 0 Å². The molecule has 3 aromatic rings. The molecule has 0 aliphatic carbocycles. The van der Waals surface area contributed by atoms with Crippen LogP contribution in [-0.4, -0.2) is 42.5 Å². The van der Waals surface area contributed by atoms with Gasteiger partial charge in [-0.15, -0.1) is 0 Å². The molecule has 6 nitrogen and oxygen atoms in total. The fourth-order valence-corrected chi connectivity index (χ4v) is 3.70. The molecule has 0 saturated heterocycles. The summed E-state index contributed by atoms with van der Waals surface area (Å²) in [5.41, 5.74) is 2.46. The fraction of sp³-hybridized carbons (Fsp3) is 0.278. The zero-order valence-electron chi connectivity index (χ0n) is 15.2. The van der Waals surface area contributed by atoms with Crippen molar-refractivity contribution >= 4 is 45.9 Å². The number of thioether (sulfide) groups is 1. The van der Waals surface area contributed by atoms with Crippen molar-refractivity contribution in [1.29, 1.82) is 0 Å². The third-order valence-electron chi connectivity index (χ3n) is 3.91. The first-order valence-electron chi connectivity index (χ1n) is 7.84. The highest BCUT2D eigenvalue weighted by Gasteiger charge is 2.21. The number of rotatable bonds is 6. The summed E-state index contributed by atoms with van der Waals surface area (Å²) in [4.78, 5) is 13.6. The van der Waals surface area contributed by atoms with Crippen molar-refractivity contribution < 1.29 is 14.2 Å². The Morgan fingerprint density at radius 3 is 2.22 bits per heavy atom. The normalized spacial score (nSPS) is 11.0. The molecular formula is C18H17Cl2N3O3S. The monoisotopic (exact) mass is 425 g/mol. The van der Waals surface area contributed by atoms with Crippen LogP contribution in [0.15, 0.2) is 23.5 Å². The summed E-state index contributed by atoms with van der Waals surface area (Å²) in [6.45, 7) is 0.283. The minimum absolute atomic E-state index is 0.283. The van der Waals surface area contributed by atoms with Crippen molar-refractivity contribution in [3.63, 3.8) is 0 Å². The maximum atomic E-state index is 6.54. The van der Waals surface area contributed by atoms with Crippen LogP contribution in [0.4, 0.5) is 0 Å². The molecule has 3 rings (SSSR count). The molecular weight excluding hydrogens is 409 g/mol. The van der Waals surface area contributed by atoms with E-state index in [9.17, 15) is 0 Å². The summed E-state index contributed by atoms with van der Waals surface area (Å²) in [6, 6.07) is 3.48. The minimum atomic E-state index is 0.283. The third kappa shape index (κ3) is 3.78. The van der Waals surface area contributed by atoms with Gasteiger partial charge in [0.25, 0.3) is 0 Å². The van der Waals surface area contributed by atoms with E-state index in [0.717, 1.165) is 10.9 Å². The summed E-state index contributed by atoms with van der Waals surface area (Å²) in [5.74, 6) is 0.883. The highest BCUT2D eigenvalue weighted by molar-refractivity contribution is 7.98. The average Bonchev–Trinajstić information content (AvgIpc) is 2.68. The lowest BCUT2D eigenvalue weighted by atomic mass is 10.1. The molecule has 2 aromatic heterocycles. The SMILES string of the molecule is COCc1nc(-c2c(Cl)c(OC)cc(OC)c2Cl)cc2cnc(SC)nc12. The maximum absolute atomic E-state index is 6.54. The molecule has 0 radical (unpaired) electrons. The first-order chi connectivity index (χ1) is 13.0. The lowest BCUT2D eigenvalue weighted by molar-refractivity contribution is 0.182. The minimum Gasteiger partial charge on any atom is -0.495 e. The Bertz CT molecular complexity index is 973. The molecule has 9 heteroatoms. The van der Waals surface area contributed by atoms with E-state index in [1.54, 1.807) is 19.4 Å². The number of halogens is 2.